The smallest absolute Gasteiger partial charge is 0.0309 e. The fourth-order valence-electron chi connectivity index (χ4n) is 2.69. The number of hydrazine groups is 1. The van der Waals surface area contributed by atoms with Crippen molar-refractivity contribution in [2.75, 3.05) is 6.54 Å². The van der Waals surface area contributed by atoms with Gasteiger partial charge in [0.1, 0.15) is 0 Å². The minimum absolute atomic E-state index is 0.447. The maximum Gasteiger partial charge on any atom is 0.0309 e. The molecule has 1 heterocycles. The van der Waals surface area contributed by atoms with Crippen LogP contribution in [0.25, 0.3) is 0 Å². The molecule has 94 valence electrons. The normalized spacial score (nSPS) is 28.5. The molecule has 1 fully saturated rings. The third kappa shape index (κ3) is 2.68. The van der Waals surface area contributed by atoms with E-state index < -0.39 is 0 Å². The highest BCUT2D eigenvalue weighted by Gasteiger charge is 2.33. The van der Waals surface area contributed by atoms with E-state index in [-0.39, 0.29) is 0 Å². The average molecular weight is 233 g/mol. The van der Waals surface area contributed by atoms with E-state index >= 15 is 0 Å². The van der Waals surface area contributed by atoms with E-state index in [4.69, 9.17) is 5.73 Å². The lowest BCUT2D eigenvalue weighted by molar-refractivity contribution is 0.498. The Kier molecular flexibility index (Phi) is 4.15. The third-order valence-corrected chi connectivity index (χ3v) is 3.72. The first kappa shape index (κ1) is 12.6. The quantitative estimate of drug-likeness (QED) is 0.739. The SMILES string of the molecule is CCc1ccc(C2C(C)NNC2CCN)cc1. The van der Waals surface area contributed by atoms with Crippen LogP contribution in [0.4, 0.5) is 0 Å². The van der Waals surface area contributed by atoms with Crippen molar-refractivity contribution in [1.29, 1.82) is 0 Å². The Morgan fingerprint density at radius 2 is 1.88 bits per heavy atom. The summed E-state index contributed by atoms with van der Waals surface area (Å²) in [5.41, 5.74) is 15.2. The number of aryl methyl sites for hydroxylation is 1. The monoisotopic (exact) mass is 233 g/mol. The van der Waals surface area contributed by atoms with Crippen LogP contribution in [0.2, 0.25) is 0 Å². The van der Waals surface area contributed by atoms with E-state index in [2.05, 4.69) is 49.0 Å². The van der Waals surface area contributed by atoms with Crippen molar-refractivity contribution in [3.05, 3.63) is 35.4 Å². The fourth-order valence-corrected chi connectivity index (χ4v) is 2.69. The lowest BCUT2D eigenvalue weighted by Crippen LogP contribution is -2.33. The van der Waals surface area contributed by atoms with Gasteiger partial charge in [0, 0.05) is 18.0 Å². The molecule has 1 saturated heterocycles. The molecule has 3 heteroatoms. The Hall–Kier alpha value is -0.900. The number of benzene rings is 1. The van der Waals surface area contributed by atoms with Gasteiger partial charge in [0.15, 0.2) is 0 Å². The summed E-state index contributed by atoms with van der Waals surface area (Å²) in [5, 5.41) is 0. The molecule has 1 aromatic rings. The Morgan fingerprint density at radius 3 is 2.47 bits per heavy atom. The Bertz CT molecular complexity index is 345. The van der Waals surface area contributed by atoms with Crippen LogP contribution >= 0.6 is 0 Å². The van der Waals surface area contributed by atoms with Gasteiger partial charge in [-0.05, 0) is 37.4 Å². The van der Waals surface area contributed by atoms with Crippen molar-refractivity contribution >= 4 is 0 Å². The predicted molar refractivity (Wildman–Crippen MR) is 71.8 cm³/mol. The molecule has 3 atom stereocenters. The number of rotatable bonds is 4. The third-order valence-electron chi connectivity index (χ3n) is 3.72. The Morgan fingerprint density at radius 1 is 1.18 bits per heavy atom. The van der Waals surface area contributed by atoms with Gasteiger partial charge in [-0.15, -0.1) is 0 Å². The highest BCUT2D eigenvalue weighted by atomic mass is 15.4. The van der Waals surface area contributed by atoms with Crippen molar-refractivity contribution in [2.24, 2.45) is 5.73 Å². The van der Waals surface area contributed by atoms with E-state index in [1.54, 1.807) is 0 Å². The molecule has 17 heavy (non-hydrogen) atoms. The summed E-state index contributed by atoms with van der Waals surface area (Å²) in [6.07, 6.45) is 2.11. The van der Waals surface area contributed by atoms with Crippen LogP contribution in [-0.4, -0.2) is 18.6 Å². The second-order valence-corrected chi connectivity index (χ2v) is 4.88. The van der Waals surface area contributed by atoms with Gasteiger partial charge in [-0.3, -0.25) is 10.9 Å². The molecule has 3 nitrogen and oxygen atoms in total. The molecule has 0 radical (unpaired) electrons. The van der Waals surface area contributed by atoms with Gasteiger partial charge in [0.25, 0.3) is 0 Å². The van der Waals surface area contributed by atoms with Gasteiger partial charge >= 0.3 is 0 Å². The molecule has 0 aliphatic carbocycles. The molecular weight excluding hydrogens is 210 g/mol. The van der Waals surface area contributed by atoms with Crippen molar-refractivity contribution < 1.29 is 0 Å². The maximum atomic E-state index is 5.67. The average Bonchev–Trinajstić information content (AvgIpc) is 2.71. The number of hydrogen-bond acceptors (Lipinski definition) is 3. The second kappa shape index (κ2) is 5.63. The molecule has 3 unspecified atom stereocenters. The van der Waals surface area contributed by atoms with Gasteiger partial charge in [0.2, 0.25) is 0 Å². The summed E-state index contributed by atoms with van der Waals surface area (Å²) < 4.78 is 0. The number of nitrogens with two attached hydrogens (primary N) is 1. The summed E-state index contributed by atoms with van der Waals surface area (Å²) in [7, 11) is 0. The van der Waals surface area contributed by atoms with Crippen LogP contribution < -0.4 is 16.6 Å². The molecule has 0 amide bonds. The van der Waals surface area contributed by atoms with Crippen LogP contribution in [0.3, 0.4) is 0 Å². The highest BCUT2D eigenvalue weighted by molar-refractivity contribution is 5.28. The Labute approximate surface area is 104 Å². The first-order valence-electron chi connectivity index (χ1n) is 6.56. The van der Waals surface area contributed by atoms with Crippen molar-refractivity contribution in [3.63, 3.8) is 0 Å². The predicted octanol–water partition coefficient (Wildman–Crippen LogP) is 1.55. The molecular formula is C14H23N3. The standard InChI is InChI=1S/C14H23N3/c1-3-11-4-6-12(7-5-11)14-10(2)16-17-13(14)8-9-15/h4-7,10,13-14,16-17H,3,8-9,15H2,1-2H3. The molecule has 0 bridgehead atoms. The van der Waals surface area contributed by atoms with Crippen LogP contribution in [-0.2, 0) is 6.42 Å². The fraction of sp³-hybridized carbons (Fsp3) is 0.571. The van der Waals surface area contributed by atoms with E-state index in [0.29, 0.717) is 18.0 Å². The molecule has 1 aromatic carbocycles. The van der Waals surface area contributed by atoms with Gasteiger partial charge in [-0.2, -0.15) is 0 Å². The minimum Gasteiger partial charge on any atom is -0.330 e. The molecule has 0 aromatic heterocycles. The first-order chi connectivity index (χ1) is 8.26. The molecule has 0 spiro atoms. The number of hydrogen-bond donors (Lipinski definition) is 3. The zero-order chi connectivity index (χ0) is 12.3. The minimum atomic E-state index is 0.447. The second-order valence-electron chi connectivity index (χ2n) is 4.88. The molecule has 0 saturated carbocycles. The lowest BCUT2D eigenvalue weighted by atomic mass is 9.86. The summed E-state index contributed by atoms with van der Waals surface area (Å²) >= 11 is 0. The van der Waals surface area contributed by atoms with Crippen molar-refractivity contribution in [1.82, 2.24) is 10.9 Å². The van der Waals surface area contributed by atoms with Crippen LogP contribution in [0.5, 0.6) is 0 Å². The topological polar surface area (TPSA) is 50.1 Å². The summed E-state index contributed by atoms with van der Waals surface area (Å²) in [6.45, 7) is 5.14. The van der Waals surface area contributed by atoms with Crippen molar-refractivity contribution in [3.8, 4) is 0 Å². The highest BCUT2D eigenvalue weighted by Crippen LogP contribution is 2.28. The van der Waals surface area contributed by atoms with E-state index in [1.807, 2.05) is 0 Å². The molecule has 1 aliphatic heterocycles. The molecule has 2 rings (SSSR count). The summed E-state index contributed by atoms with van der Waals surface area (Å²) in [6, 6.07) is 9.90. The zero-order valence-corrected chi connectivity index (χ0v) is 10.7. The van der Waals surface area contributed by atoms with E-state index in [0.717, 1.165) is 19.4 Å². The molecule has 4 N–H and O–H groups in total. The number of nitrogens with one attached hydrogen (secondary N) is 2. The van der Waals surface area contributed by atoms with Crippen LogP contribution in [0.1, 0.15) is 37.3 Å². The maximum absolute atomic E-state index is 5.67. The van der Waals surface area contributed by atoms with E-state index in [9.17, 15) is 0 Å². The van der Waals surface area contributed by atoms with Gasteiger partial charge < -0.3 is 5.73 Å². The van der Waals surface area contributed by atoms with Crippen LogP contribution in [0.15, 0.2) is 24.3 Å². The first-order valence-corrected chi connectivity index (χ1v) is 6.56. The van der Waals surface area contributed by atoms with Crippen LogP contribution in [0, 0.1) is 0 Å². The Balaban J connectivity index is 2.17. The van der Waals surface area contributed by atoms with Crippen molar-refractivity contribution in [2.45, 2.75) is 44.7 Å². The van der Waals surface area contributed by atoms with E-state index in [1.165, 1.54) is 11.1 Å². The summed E-state index contributed by atoms with van der Waals surface area (Å²) in [4.78, 5) is 0. The largest absolute Gasteiger partial charge is 0.330 e. The summed E-state index contributed by atoms with van der Waals surface area (Å²) in [5.74, 6) is 0.518. The van der Waals surface area contributed by atoms with Gasteiger partial charge in [-0.1, -0.05) is 31.2 Å². The van der Waals surface area contributed by atoms with Gasteiger partial charge in [-0.25, -0.2) is 0 Å². The molecule has 1 aliphatic rings. The zero-order valence-electron chi connectivity index (χ0n) is 10.7. The lowest BCUT2D eigenvalue weighted by Gasteiger charge is -2.21. The van der Waals surface area contributed by atoms with Gasteiger partial charge in [0.05, 0.1) is 0 Å².